The molecule has 3 aromatic rings. The Kier molecular flexibility index (Phi) is 10.0. The molecule has 3 rings (SSSR count). The predicted molar refractivity (Wildman–Crippen MR) is 147 cm³/mol. The summed E-state index contributed by atoms with van der Waals surface area (Å²) in [5.74, 6) is -0.600. The minimum absolute atomic E-state index is 0.0617. The zero-order valence-corrected chi connectivity index (χ0v) is 22.4. The fourth-order valence-electron chi connectivity index (χ4n) is 3.36. The molecule has 0 fully saturated rings. The van der Waals surface area contributed by atoms with Gasteiger partial charge in [-0.25, -0.2) is 4.39 Å². The van der Waals surface area contributed by atoms with E-state index in [1.165, 1.54) is 30.3 Å². The molecule has 0 aromatic heterocycles. The zero-order chi connectivity index (χ0) is 26.8. The van der Waals surface area contributed by atoms with E-state index in [0.717, 1.165) is 5.56 Å². The van der Waals surface area contributed by atoms with Crippen molar-refractivity contribution in [2.24, 2.45) is 0 Å². The quantitative estimate of drug-likeness (QED) is 0.176. The predicted octanol–water partition coefficient (Wildman–Crippen LogP) is 5.63. The van der Waals surface area contributed by atoms with Gasteiger partial charge in [-0.1, -0.05) is 30.3 Å². The van der Waals surface area contributed by atoms with Gasteiger partial charge in [0.05, 0.1) is 16.2 Å². The van der Waals surface area contributed by atoms with Gasteiger partial charge in [-0.3, -0.25) is 9.59 Å². The van der Waals surface area contributed by atoms with Crippen LogP contribution in [0, 0.1) is 20.7 Å². The summed E-state index contributed by atoms with van der Waals surface area (Å²) in [5.41, 5.74) is 1.87. The third-order valence-corrected chi connectivity index (χ3v) is 5.93. The van der Waals surface area contributed by atoms with Crippen molar-refractivity contribution in [3.63, 3.8) is 0 Å². The number of rotatable bonds is 10. The fourth-order valence-corrected chi connectivity index (χ4v) is 4.14. The zero-order valence-electron chi connectivity index (χ0n) is 20.3. The number of nitrogens with one attached hydrogen (secondary N) is 2. The van der Waals surface area contributed by atoms with Crippen molar-refractivity contribution < 1.29 is 23.5 Å². The van der Waals surface area contributed by atoms with E-state index in [9.17, 15) is 19.2 Å². The lowest BCUT2D eigenvalue weighted by Gasteiger charge is -2.15. The second-order valence-corrected chi connectivity index (χ2v) is 9.04. The van der Waals surface area contributed by atoms with Gasteiger partial charge in [-0.15, -0.1) is 0 Å². The number of benzene rings is 3. The number of nitriles is 1. The number of ether oxygens (including phenoxy) is 2. The van der Waals surface area contributed by atoms with Crippen LogP contribution in [0.25, 0.3) is 6.08 Å². The monoisotopic (exact) mass is 613 g/mol. The Morgan fingerprint density at radius 1 is 1.11 bits per heavy atom. The van der Waals surface area contributed by atoms with Crippen LogP contribution in [0.5, 0.6) is 11.5 Å². The molecule has 2 amide bonds. The van der Waals surface area contributed by atoms with E-state index in [1.807, 2.05) is 65.9 Å². The van der Waals surface area contributed by atoms with Gasteiger partial charge < -0.3 is 20.1 Å². The highest BCUT2D eigenvalue weighted by atomic mass is 127. The summed E-state index contributed by atoms with van der Waals surface area (Å²) in [6, 6.07) is 19.9. The number of carbonyl (C=O) groups is 2. The number of anilines is 1. The molecule has 0 radical (unpaired) electrons. The SMILES string of the molecule is CCOc1cc(/C=C(/C#N)C(=O)N[C@H](C)c2ccccc2)cc(I)c1OCC(=O)Nc1ccc(F)cc1. The molecule has 0 aliphatic heterocycles. The number of hydrogen-bond donors (Lipinski definition) is 2. The molecule has 3 aromatic carbocycles. The van der Waals surface area contributed by atoms with Crippen molar-refractivity contribution in [3.8, 4) is 17.6 Å². The molecule has 7 nitrogen and oxygen atoms in total. The van der Waals surface area contributed by atoms with Crippen LogP contribution in [-0.4, -0.2) is 25.0 Å². The first-order valence-corrected chi connectivity index (χ1v) is 12.5. The highest BCUT2D eigenvalue weighted by molar-refractivity contribution is 14.1. The summed E-state index contributed by atoms with van der Waals surface area (Å²) in [7, 11) is 0. The second kappa shape index (κ2) is 13.4. The van der Waals surface area contributed by atoms with Crippen molar-refractivity contribution in [1.82, 2.24) is 5.32 Å². The second-order valence-electron chi connectivity index (χ2n) is 7.88. The Morgan fingerprint density at radius 3 is 2.46 bits per heavy atom. The molecule has 0 unspecified atom stereocenters. The standard InChI is InChI=1S/C28H25FIN3O4/c1-3-36-25-15-19(13-21(16-31)28(35)32-18(2)20-7-5-4-6-8-20)14-24(30)27(25)37-17-26(34)33-23-11-9-22(29)10-12-23/h4-15,18H,3,17H2,1-2H3,(H,32,35)(H,33,34)/b21-13-/t18-/m1/s1. The molecule has 0 heterocycles. The maximum atomic E-state index is 13.1. The molecule has 0 aliphatic rings. The van der Waals surface area contributed by atoms with Crippen LogP contribution in [0.15, 0.2) is 72.3 Å². The van der Waals surface area contributed by atoms with Gasteiger partial charge in [-0.2, -0.15) is 5.26 Å². The maximum Gasteiger partial charge on any atom is 0.262 e. The van der Waals surface area contributed by atoms with E-state index in [-0.39, 0.29) is 18.2 Å². The van der Waals surface area contributed by atoms with Crippen molar-refractivity contribution >= 4 is 46.2 Å². The molecule has 1 atom stereocenters. The van der Waals surface area contributed by atoms with E-state index < -0.39 is 17.6 Å². The Balaban J connectivity index is 1.74. The Morgan fingerprint density at radius 2 is 1.81 bits per heavy atom. The molecular formula is C28H25FIN3O4. The smallest absolute Gasteiger partial charge is 0.262 e. The van der Waals surface area contributed by atoms with Crippen LogP contribution in [0.2, 0.25) is 0 Å². The number of nitrogens with zero attached hydrogens (tertiary/aromatic N) is 1. The van der Waals surface area contributed by atoms with E-state index in [4.69, 9.17) is 9.47 Å². The topological polar surface area (TPSA) is 100 Å². The summed E-state index contributed by atoms with van der Waals surface area (Å²) < 4.78 is 25.1. The van der Waals surface area contributed by atoms with Gasteiger partial charge in [0.1, 0.15) is 17.5 Å². The third kappa shape index (κ3) is 8.05. The molecule has 0 saturated heterocycles. The highest BCUT2D eigenvalue weighted by Crippen LogP contribution is 2.35. The Labute approximate surface area is 228 Å². The lowest BCUT2D eigenvalue weighted by atomic mass is 10.1. The van der Waals surface area contributed by atoms with Crippen molar-refractivity contribution in [1.29, 1.82) is 5.26 Å². The van der Waals surface area contributed by atoms with Crippen molar-refractivity contribution in [2.45, 2.75) is 19.9 Å². The summed E-state index contributed by atoms with van der Waals surface area (Å²) >= 11 is 2.04. The Bertz CT molecular complexity index is 1320. The Hall–Kier alpha value is -3.91. The van der Waals surface area contributed by atoms with Gasteiger partial charge in [0.2, 0.25) is 0 Å². The van der Waals surface area contributed by atoms with Gasteiger partial charge in [0.25, 0.3) is 11.8 Å². The normalized spacial score (nSPS) is 11.7. The van der Waals surface area contributed by atoms with Crippen LogP contribution >= 0.6 is 22.6 Å². The van der Waals surface area contributed by atoms with E-state index in [2.05, 4.69) is 10.6 Å². The fraction of sp³-hybridized carbons (Fsp3) is 0.179. The molecule has 9 heteroatoms. The molecule has 0 bridgehead atoms. The first kappa shape index (κ1) is 27.7. The molecule has 0 spiro atoms. The van der Waals surface area contributed by atoms with E-state index >= 15 is 0 Å². The largest absolute Gasteiger partial charge is 0.490 e. The highest BCUT2D eigenvalue weighted by Gasteiger charge is 2.17. The van der Waals surface area contributed by atoms with Gasteiger partial charge >= 0.3 is 0 Å². The van der Waals surface area contributed by atoms with E-state index in [1.54, 1.807) is 19.1 Å². The van der Waals surface area contributed by atoms with E-state index in [0.29, 0.717) is 32.9 Å². The van der Waals surface area contributed by atoms with Crippen LogP contribution in [0.4, 0.5) is 10.1 Å². The minimum Gasteiger partial charge on any atom is -0.490 e. The third-order valence-electron chi connectivity index (χ3n) is 5.13. The van der Waals surface area contributed by atoms with Gasteiger partial charge in [0.15, 0.2) is 18.1 Å². The molecular weight excluding hydrogens is 588 g/mol. The summed E-state index contributed by atoms with van der Waals surface area (Å²) in [4.78, 5) is 25.1. The number of hydrogen-bond acceptors (Lipinski definition) is 5. The van der Waals surface area contributed by atoms with Gasteiger partial charge in [-0.05, 0) is 90.0 Å². The average molecular weight is 613 g/mol. The van der Waals surface area contributed by atoms with Crippen molar-refractivity contribution in [3.05, 3.63) is 92.8 Å². The van der Waals surface area contributed by atoms with Crippen molar-refractivity contribution in [2.75, 3.05) is 18.5 Å². The molecule has 2 N–H and O–H groups in total. The summed E-state index contributed by atoms with van der Waals surface area (Å²) in [5, 5.41) is 15.1. The number of halogens is 2. The molecule has 0 aliphatic carbocycles. The first-order chi connectivity index (χ1) is 17.8. The van der Waals surface area contributed by atoms with Crippen LogP contribution in [0.3, 0.4) is 0 Å². The lowest BCUT2D eigenvalue weighted by molar-refractivity contribution is -0.118. The van der Waals surface area contributed by atoms with Crippen LogP contribution in [-0.2, 0) is 9.59 Å². The number of amides is 2. The molecule has 37 heavy (non-hydrogen) atoms. The van der Waals surface area contributed by atoms with Gasteiger partial charge in [0, 0.05) is 5.69 Å². The minimum atomic E-state index is -0.496. The maximum absolute atomic E-state index is 13.1. The summed E-state index contributed by atoms with van der Waals surface area (Å²) in [6.07, 6.45) is 1.47. The summed E-state index contributed by atoms with van der Waals surface area (Å²) in [6.45, 7) is 3.68. The molecule has 0 saturated carbocycles. The average Bonchev–Trinajstić information content (AvgIpc) is 2.88. The number of carbonyl (C=O) groups excluding carboxylic acids is 2. The van der Waals surface area contributed by atoms with Crippen LogP contribution in [0.1, 0.15) is 31.0 Å². The lowest BCUT2D eigenvalue weighted by Crippen LogP contribution is -2.27. The first-order valence-electron chi connectivity index (χ1n) is 11.4. The molecule has 190 valence electrons. The van der Waals surface area contributed by atoms with Crippen LogP contribution < -0.4 is 20.1 Å².